The van der Waals surface area contributed by atoms with Crippen molar-refractivity contribution in [3.8, 4) is 0 Å². The van der Waals surface area contributed by atoms with Crippen molar-refractivity contribution in [2.75, 3.05) is 0 Å². The lowest BCUT2D eigenvalue weighted by Crippen LogP contribution is -2.33. The van der Waals surface area contributed by atoms with Crippen LogP contribution in [0.25, 0.3) is 0 Å². The van der Waals surface area contributed by atoms with Crippen LogP contribution in [0.5, 0.6) is 0 Å². The first-order valence-corrected chi connectivity index (χ1v) is 6.60. The predicted octanol–water partition coefficient (Wildman–Crippen LogP) is 1.27. The maximum Gasteiger partial charge on any atom is 0.268 e. The number of fused-ring (bicyclic) bond motifs is 2. The fraction of sp³-hybridized carbons (Fsp3) is 0.900. The van der Waals surface area contributed by atoms with E-state index in [4.69, 9.17) is 4.55 Å². The van der Waals surface area contributed by atoms with Crippen LogP contribution in [0, 0.1) is 16.7 Å². The molecular formula is C10H16O4S. The Bertz CT molecular complexity index is 423. The van der Waals surface area contributed by atoms with Gasteiger partial charge in [0.05, 0.1) is 5.25 Å². The van der Waals surface area contributed by atoms with Crippen LogP contribution >= 0.6 is 0 Å². The molecular weight excluding hydrogens is 216 g/mol. The van der Waals surface area contributed by atoms with Crippen molar-refractivity contribution in [2.45, 2.75) is 38.9 Å². The SMILES string of the molecule is CC12CC(S(=O)(=O)O)C(CC1=O)C2(C)C. The standard InChI is InChI=1S/C10H16O4S/c1-9(2)6-4-8(11)10(9,3)5-7(6)15(12,13)14/h6-7H,4-5H2,1-3H3,(H,12,13,14). The summed E-state index contributed by atoms with van der Waals surface area (Å²) in [6, 6.07) is 0. The first-order valence-electron chi connectivity index (χ1n) is 5.10. The zero-order valence-electron chi connectivity index (χ0n) is 9.15. The fourth-order valence-corrected chi connectivity index (χ4v) is 4.67. The van der Waals surface area contributed by atoms with Crippen molar-refractivity contribution in [3.63, 3.8) is 0 Å². The molecule has 0 heterocycles. The molecule has 0 spiro atoms. The summed E-state index contributed by atoms with van der Waals surface area (Å²) in [5.41, 5.74) is -0.914. The molecule has 2 aliphatic carbocycles. The Labute approximate surface area is 89.8 Å². The first kappa shape index (κ1) is 11.1. The molecule has 0 amide bonds. The molecule has 4 nitrogen and oxygen atoms in total. The minimum atomic E-state index is -4.02. The van der Waals surface area contributed by atoms with E-state index in [2.05, 4.69) is 0 Å². The van der Waals surface area contributed by atoms with Gasteiger partial charge in [-0.3, -0.25) is 9.35 Å². The van der Waals surface area contributed by atoms with E-state index >= 15 is 0 Å². The first-order chi connectivity index (χ1) is 6.61. The van der Waals surface area contributed by atoms with Gasteiger partial charge in [-0.25, -0.2) is 0 Å². The summed E-state index contributed by atoms with van der Waals surface area (Å²) < 4.78 is 31.5. The normalized spacial score (nSPS) is 43.6. The van der Waals surface area contributed by atoms with Crippen molar-refractivity contribution in [1.82, 2.24) is 0 Å². The number of hydrogen-bond donors (Lipinski definition) is 1. The molecule has 0 aromatic carbocycles. The van der Waals surface area contributed by atoms with Gasteiger partial charge in [-0.15, -0.1) is 0 Å². The van der Waals surface area contributed by atoms with Crippen molar-refractivity contribution >= 4 is 15.9 Å². The molecule has 3 unspecified atom stereocenters. The zero-order chi connectivity index (χ0) is 11.6. The summed E-state index contributed by atoms with van der Waals surface area (Å²) in [7, 11) is -4.02. The number of Topliss-reactive ketones (excluding diaryl/α,β-unsaturated/α-hetero) is 1. The van der Waals surface area contributed by atoms with Crippen LogP contribution in [-0.4, -0.2) is 24.0 Å². The predicted molar refractivity (Wildman–Crippen MR) is 55.0 cm³/mol. The van der Waals surface area contributed by atoms with E-state index in [9.17, 15) is 13.2 Å². The summed E-state index contributed by atoms with van der Waals surface area (Å²) in [4.78, 5) is 11.8. The van der Waals surface area contributed by atoms with E-state index in [-0.39, 0.29) is 30.0 Å². The Morgan fingerprint density at radius 1 is 1.33 bits per heavy atom. The molecule has 0 radical (unpaired) electrons. The second kappa shape index (κ2) is 2.63. The molecule has 0 aliphatic heterocycles. The Balaban J connectivity index is 2.50. The maximum absolute atomic E-state index is 11.8. The quantitative estimate of drug-likeness (QED) is 0.691. The monoisotopic (exact) mass is 232 g/mol. The van der Waals surface area contributed by atoms with Crippen LogP contribution in [0.15, 0.2) is 0 Å². The molecule has 86 valence electrons. The highest BCUT2D eigenvalue weighted by Gasteiger charge is 2.67. The van der Waals surface area contributed by atoms with Gasteiger partial charge < -0.3 is 0 Å². The van der Waals surface area contributed by atoms with Gasteiger partial charge in [-0.2, -0.15) is 8.42 Å². The molecule has 2 bridgehead atoms. The van der Waals surface area contributed by atoms with E-state index in [1.165, 1.54) is 0 Å². The Kier molecular flexibility index (Phi) is 1.94. The van der Waals surface area contributed by atoms with Crippen LogP contribution in [-0.2, 0) is 14.9 Å². The number of ketones is 1. The third kappa shape index (κ3) is 1.16. The van der Waals surface area contributed by atoms with Gasteiger partial charge in [0.1, 0.15) is 5.78 Å². The van der Waals surface area contributed by atoms with Gasteiger partial charge in [0.25, 0.3) is 10.1 Å². The molecule has 0 aromatic heterocycles. The highest BCUT2D eigenvalue weighted by atomic mass is 32.2. The highest BCUT2D eigenvalue weighted by Crippen LogP contribution is 2.64. The third-order valence-electron chi connectivity index (χ3n) is 4.81. The molecule has 3 atom stereocenters. The van der Waals surface area contributed by atoms with Gasteiger partial charge in [-0.1, -0.05) is 20.8 Å². The van der Waals surface area contributed by atoms with E-state index in [1.54, 1.807) is 0 Å². The zero-order valence-corrected chi connectivity index (χ0v) is 9.97. The van der Waals surface area contributed by atoms with Crippen molar-refractivity contribution < 1.29 is 17.8 Å². The summed E-state index contributed by atoms with van der Waals surface area (Å²) in [5.74, 6) is -0.0950. The Morgan fingerprint density at radius 2 is 1.87 bits per heavy atom. The highest BCUT2D eigenvalue weighted by molar-refractivity contribution is 7.86. The van der Waals surface area contributed by atoms with E-state index in [0.717, 1.165) is 0 Å². The Morgan fingerprint density at radius 3 is 2.13 bits per heavy atom. The van der Waals surface area contributed by atoms with Crippen molar-refractivity contribution in [2.24, 2.45) is 16.7 Å². The van der Waals surface area contributed by atoms with Gasteiger partial charge in [0.15, 0.2) is 0 Å². The van der Waals surface area contributed by atoms with E-state index < -0.39 is 20.8 Å². The lowest BCUT2D eigenvalue weighted by atomic mass is 9.70. The molecule has 1 N–H and O–H groups in total. The molecule has 2 saturated carbocycles. The molecule has 2 fully saturated rings. The van der Waals surface area contributed by atoms with Crippen molar-refractivity contribution in [1.29, 1.82) is 0 Å². The average molecular weight is 232 g/mol. The van der Waals surface area contributed by atoms with Crippen molar-refractivity contribution in [3.05, 3.63) is 0 Å². The second-order valence-electron chi connectivity index (χ2n) is 5.55. The van der Waals surface area contributed by atoms with Crippen LogP contribution in [0.2, 0.25) is 0 Å². The lowest BCUT2D eigenvalue weighted by molar-refractivity contribution is -0.128. The molecule has 15 heavy (non-hydrogen) atoms. The molecule has 0 aromatic rings. The second-order valence-corrected chi connectivity index (χ2v) is 7.18. The number of carbonyl (C=O) groups is 1. The number of rotatable bonds is 1. The summed E-state index contributed by atoms with van der Waals surface area (Å²) in [5, 5.41) is -0.754. The van der Waals surface area contributed by atoms with Crippen LogP contribution < -0.4 is 0 Å². The van der Waals surface area contributed by atoms with Gasteiger partial charge in [0.2, 0.25) is 0 Å². The van der Waals surface area contributed by atoms with E-state index in [1.807, 2.05) is 20.8 Å². The van der Waals surface area contributed by atoms with E-state index in [0.29, 0.717) is 0 Å². The fourth-order valence-electron chi connectivity index (χ4n) is 3.28. The minimum Gasteiger partial charge on any atom is -0.299 e. The molecule has 0 saturated heterocycles. The summed E-state index contributed by atoms with van der Waals surface area (Å²) in [6.45, 7) is 5.67. The minimum absolute atomic E-state index is 0.136. The van der Waals surface area contributed by atoms with Gasteiger partial charge in [-0.05, 0) is 17.8 Å². The number of carbonyl (C=O) groups excluding carboxylic acids is 1. The van der Waals surface area contributed by atoms with Crippen LogP contribution in [0.3, 0.4) is 0 Å². The lowest BCUT2D eigenvalue weighted by Gasteiger charge is -2.32. The topological polar surface area (TPSA) is 71.4 Å². The van der Waals surface area contributed by atoms with Crippen LogP contribution in [0.4, 0.5) is 0 Å². The molecule has 2 aliphatic rings. The average Bonchev–Trinajstić information content (AvgIpc) is 2.33. The Hall–Kier alpha value is -0.420. The third-order valence-corrected chi connectivity index (χ3v) is 6.07. The molecule has 2 rings (SSSR count). The summed E-state index contributed by atoms with van der Waals surface area (Å²) in [6.07, 6.45) is 0.552. The number of hydrogen-bond acceptors (Lipinski definition) is 3. The van der Waals surface area contributed by atoms with Gasteiger partial charge >= 0.3 is 0 Å². The van der Waals surface area contributed by atoms with Crippen LogP contribution in [0.1, 0.15) is 33.6 Å². The van der Waals surface area contributed by atoms with Gasteiger partial charge in [0, 0.05) is 11.8 Å². The largest absolute Gasteiger partial charge is 0.299 e. The molecule has 5 heteroatoms. The summed E-state index contributed by atoms with van der Waals surface area (Å²) >= 11 is 0. The maximum atomic E-state index is 11.8. The smallest absolute Gasteiger partial charge is 0.268 e.